The van der Waals surface area contributed by atoms with E-state index in [1.54, 1.807) is 31.4 Å². The van der Waals surface area contributed by atoms with E-state index in [9.17, 15) is 14.7 Å². The molecule has 5 nitrogen and oxygen atoms in total. The molecule has 160 valence electrons. The number of carboxylic acids is 1. The summed E-state index contributed by atoms with van der Waals surface area (Å²) in [5.74, 6) is -0.548. The van der Waals surface area contributed by atoms with Crippen LogP contribution in [0, 0.1) is 6.92 Å². The number of hydrogen-bond donors (Lipinski definition) is 0. The van der Waals surface area contributed by atoms with Crippen molar-refractivity contribution in [3.05, 3.63) is 95.1 Å². The lowest BCUT2D eigenvalue weighted by atomic mass is 9.85. The Hall–Kier alpha value is -3.60. The van der Waals surface area contributed by atoms with Gasteiger partial charge in [-0.1, -0.05) is 48.5 Å². The summed E-state index contributed by atoms with van der Waals surface area (Å²) >= 11 is 0. The highest BCUT2D eigenvalue weighted by Crippen LogP contribution is 2.29. The lowest BCUT2D eigenvalue weighted by Crippen LogP contribution is -2.24. The van der Waals surface area contributed by atoms with E-state index in [4.69, 9.17) is 9.47 Å². The Morgan fingerprint density at radius 1 is 0.935 bits per heavy atom. The van der Waals surface area contributed by atoms with E-state index in [1.807, 2.05) is 55.5 Å². The molecule has 3 rings (SSSR count). The smallest absolute Gasteiger partial charge is 0.170 e. The van der Waals surface area contributed by atoms with Crippen molar-refractivity contribution >= 4 is 11.8 Å². The average Bonchev–Trinajstić information content (AvgIpc) is 2.79. The second kappa shape index (κ2) is 10.4. The summed E-state index contributed by atoms with van der Waals surface area (Å²) in [5, 5.41) is 11.0. The van der Waals surface area contributed by atoms with E-state index in [1.165, 1.54) is 0 Å². The predicted octanol–water partition coefficient (Wildman–Crippen LogP) is 4.08. The Bertz CT molecular complexity index is 1060. The minimum Gasteiger partial charge on any atom is -0.550 e. The predicted molar refractivity (Wildman–Crippen MR) is 116 cm³/mol. The molecule has 0 spiro atoms. The molecule has 3 aromatic carbocycles. The van der Waals surface area contributed by atoms with E-state index in [-0.39, 0.29) is 18.6 Å². The van der Waals surface area contributed by atoms with Gasteiger partial charge in [-0.25, -0.2) is 0 Å². The van der Waals surface area contributed by atoms with Gasteiger partial charge in [-0.3, -0.25) is 4.79 Å². The maximum absolute atomic E-state index is 13.3. The number of carbonyl (C=O) groups is 2. The molecule has 0 heterocycles. The summed E-state index contributed by atoms with van der Waals surface area (Å²) in [7, 11) is 1.61. The maximum Gasteiger partial charge on any atom is 0.170 e. The van der Waals surface area contributed by atoms with Crippen LogP contribution in [-0.4, -0.2) is 18.9 Å². The van der Waals surface area contributed by atoms with E-state index < -0.39 is 11.9 Å². The Kier molecular flexibility index (Phi) is 7.44. The van der Waals surface area contributed by atoms with Crippen molar-refractivity contribution < 1.29 is 24.2 Å². The van der Waals surface area contributed by atoms with Crippen LogP contribution < -0.4 is 14.6 Å². The van der Waals surface area contributed by atoms with Crippen molar-refractivity contribution in [1.29, 1.82) is 0 Å². The number of ether oxygens (including phenoxy) is 2. The first-order valence-corrected chi connectivity index (χ1v) is 10.1. The number of ketones is 1. The molecule has 0 aliphatic carbocycles. The molecule has 0 saturated heterocycles. The number of benzene rings is 3. The molecule has 0 radical (unpaired) electrons. The first-order chi connectivity index (χ1) is 15.0. The molecule has 0 aliphatic heterocycles. The van der Waals surface area contributed by atoms with E-state index in [0.29, 0.717) is 17.9 Å². The topological polar surface area (TPSA) is 75.7 Å². The van der Waals surface area contributed by atoms with Crippen LogP contribution in [0.25, 0.3) is 0 Å². The van der Waals surface area contributed by atoms with Crippen LogP contribution in [0.4, 0.5) is 0 Å². The van der Waals surface area contributed by atoms with Crippen molar-refractivity contribution in [1.82, 2.24) is 0 Å². The Morgan fingerprint density at radius 2 is 1.68 bits per heavy atom. The Morgan fingerprint density at radius 3 is 2.42 bits per heavy atom. The normalized spacial score (nSPS) is 11.5. The summed E-state index contributed by atoms with van der Waals surface area (Å²) in [4.78, 5) is 24.4. The number of hydrogen-bond acceptors (Lipinski definition) is 5. The molecule has 0 aliphatic rings. The quantitative estimate of drug-likeness (QED) is 0.465. The third kappa shape index (κ3) is 5.95. The second-order valence-electron chi connectivity index (χ2n) is 7.35. The van der Waals surface area contributed by atoms with E-state index >= 15 is 0 Å². The molecule has 0 N–H and O–H groups in total. The lowest BCUT2D eigenvalue weighted by molar-refractivity contribution is -0.305. The van der Waals surface area contributed by atoms with Gasteiger partial charge >= 0.3 is 0 Å². The highest BCUT2D eigenvalue weighted by atomic mass is 16.5. The van der Waals surface area contributed by atoms with Crippen LogP contribution >= 0.6 is 0 Å². The molecule has 0 amide bonds. The largest absolute Gasteiger partial charge is 0.550 e. The van der Waals surface area contributed by atoms with Crippen LogP contribution in [0.15, 0.2) is 72.8 Å². The number of carbonyl (C=O) groups excluding carboxylic acids is 2. The zero-order valence-electron chi connectivity index (χ0n) is 17.7. The van der Waals surface area contributed by atoms with Gasteiger partial charge < -0.3 is 19.4 Å². The van der Waals surface area contributed by atoms with Crippen LogP contribution in [-0.2, 0) is 11.4 Å². The Labute approximate surface area is 182 Å². The number of aryl methyl sites for hydroxylation is 1. The lowest BCUT2D eigenvalue weighted by Gasteiger charge is -2.19. The molecule has 1 atom stereocenters. The fourth-order valence-electron chi connectivity index (χ4n) is 3.54. The van der Waals surface area contributed by atoms with Gasteiger partial charge in [0.05, 0.1) is 7.11 Å². The third-order valence-corrected chi connectivity index (χ3v) is 5.18. The Balaban J connectivity index is 1.80. The molecule has 31 heavy (non-hydrogen) atoms. The third-order valence-electron chi connectivity index (χ3n) is 5.18. The van der Waals surface area contributed by atoms with Gasteiger partial charge in [0, 0.05) is 17.5 Å². The fourth-order valence-corrected chi connectivity index (χ4v) is 3.54. The van der Waals surface area contributed by atoms with Gasteiger partial charge in [-0.2, -0.15) is 0 Å². The number of aliphatic carboxylic acids is 1. The summed E-state index contributed by atoms with van der Waals surface area (Å²) in [6.07, 6.45) is -0.00230. The summed E-state index contributed by atoms with van der Waals surface area (Å²) < 4.78 is 11.1. The van der Waals surface area contributed by atoms with E-state index in [2.05, 4.69) is 0 Å². The molecule has 3 aromatic rings. The number of Topliss-reactive ketones (excluding diaryl/α,β-unsaturated/α-hetero) is 1. The highest BCUT2D eigenvalue weighted by Gasteiger charge is 2.23. The van der Waals surface area contributed by atoms with Gasteiger partial charge in [-0.15, -0.1) is 0 Å². The van der Waals surface area contributed by atoms with Crippen molar-refractivity contribution in [2.45, 2.75) is 32.3 Å². The van der Waals surface area contributed by atoms with Gasteiger partial charge in [0.25, 0.3) is 0 Å². The fraction of sp³-hybridized carbons (Fsp3) is 0.231. The zero-order chi connectivity index (χ0) is 22.2. The van der Waals surface area contributed by atoms with Crippen LogP contribution in [0.1, 0.15) is 45.8 Å². The number of methoxy groups -OCH3 is 1. The zero-order valence-corrected chi connectivity index (χ0v) is 17.7. The number of rotatable bonds is 10. The van der Waals surface area contributed by atoms with Gasteiger partial charge in [0.1, 0.15) is 18.1 Å². The van der Waals surface area contributed by atoms with Gasteiger partial charge in [0.15, 0.2) is 5.78 Å². The highest BCUT2D eigenvalue weighted by molar-refractivity contribution is 6.01. The minimum atomic E-state index is -1.17. The van der Waals surface area contributed by atoms with Crippen molar-refractivity contribution in [2.75, 3.05) is 7.11 Å². The van der Waals surface area contributed by atoms with Crippen molar-refractivity contribution in [3.63, 3.8) is 0 Å². The maximum atomic E-state index is 13.3. The SMILES string of the molecule is COc1cccc(COc2cccc(C(=O)C(CCC(=O)[O-])c3ccccc3C)c2)c1. The van der Waals surface area contributed by atoms with Crippen molar-refractivity contribution in [2.24, 2.45) is 0 Å². The molecular formula is C26H25O5-. The van der Waals surface area contributed by atoms with E-state index in [0.717, 1.165) is 22.4 Å². The second-order valence-corrected chi connectivity index (χ2v) is 7.35. The minimum absolute atomic E-state index is 0.137. The molecule has 1 unspecified atom stereocenters. The molecule has 0 bridgehead atoms. The van der Waals surface area contributed by atoms with Gasteiger partial charge in [0.2, 0.25) is 0 Å². The first kappa shape index (κ1) is 22.1. The number of carboxylic acid groups (broad SMARTS) is 1. The molecular weight excluding hydrogens is 392 g/mol. The summed E-state index contributed by atoms with van der Waals surface area (Å²) in [6, 6.07) is 22.1. The first-order valence-electron chi connectivity index (χ1n) is 10.1. The molecule has 0 fully saturated rings. The molecule has 0 aromatic heterocycles. The van der Waals surface area contributed by atoms with Crippen LogP contribution in [0.2, 0.25) is 0 Å². The standard InChI is InChI=1S/C26H26O5/c1-18-7-3-4-12-23(18)24(13-14-25(27)28)26(29)20-9-6-11-22(16-20)31-17-19-8-5-10-21(15-19)30-2/h3-12,15-16,24H,13-14,17H2,1-2H3,(H,27,28)/p-1. The van der Waals surface area contributed by atoms with Crippen LogP contribution in [0.5, 0.6) is 11.5 Å². The summed E-state index contributed by atoms with van der Waals surface area (Å²) in [6.45, 7) is 2.25. The van der Waals surface area contributed by atoms with Gasteiger partial charge in [-0.05, 0) is 60.7 Å². The monoisotopic (exact) mass is 417 g/mol. The average molecular weight is 417 g/mol. The molecule has 5 heteroatoms. The summed E-state index contributed by atoms with van der Waals surface area (Å²) in [5.41, 5.74) is 3.21. The van der Waals surface area contributed by atoms with Crippen molar-refractivity contribution in [3.8, 4) is 11.5 Å². The van der Waals surface area contributed by atoms with Crippen LogP contribution in [0.3, 0.4) is 0 Å². The molecule has 0 saturated carbocycles.